The van der Waals surface area contributed by atoms with Crippen molar-refractivity contribution < 1.29 is 4.79 Å². The van der Waals surface area contributed by atoms with Crippen molar-refractivity contribution >= 4 is 11.6 Å². The number of rotatable bonds is 3. The maximum Gasteiger partial charge on any atom is 0.251 e. The normalized spacial score (nSPS) is 9.20. The molecule has 0 fully saturated rings. The third-order valence-electron chi connectivity index (χ3n) is 2.51. The maximum absolute atomic E-state index is 11.7. The quantitative estimate of drug-likeness (QED) is 0.469. The fourth-order valence-corrected chi connectivity index (χ4v) is 1.69. The van der Waals surface area contributed by atoms with E-state index < -0.39 is 5.91 Å². The van der Waals surface area contributed by atoms with E-state index in [4.69, 9.17) is 11.1 Å². The maximum atomic E-state index is 11.7. The van der Waals surface area contributed by atoms with E-state index in [2.05, 4.69) is 25.0 Å². The zero-order valence-corrected chi connectivity index (χ0v) is 10.1. The van der Waals surface area contributed by atoms with Gasteiger partial charge in [0.25, 0.3) is 5.91 Å². The lowest BCUT2D eigenvalue weighted by Crippen LogP contribution is -1.96. The lowest BCUT2D eigenvalue weighted by molar-refractivity contribution is 0.100. The Hall–Kier alpha value is -3.34. The second-order valence-corrected chi connectivity index (χ2v) is 3.63. The molecule has 0 aliphatic carbocycles. The Morgan fingerprint density at radius 1 is 1.10 bits per heavy atom. The van der Waals surface area contributed by atoms with Gasteiger partial charge in [-0.1, -0.05) is 35.4 Å². The molecule has 2 rings (SSSR count). The molecule has 8 nitrogen and oxygen atoms in total. The average molecular weight is 265 g/mol. The molecule has 0 saturated carbocycles. The molecule has 0 spiro atoms. The van der Waals surface area contributed by atoms with Crippen LogP contribution in [0, 0.1) is 0 Å². The molecule has 2 aromatic rings. The van der Waals surface area contributed by atoms with Crippen LogP contribution in [0.4, 0.5) is 5.69 Å². The molecule has 1 amide bonds. The van der Waals surface area contributed by atoms with Gasteiger partial charge in [-0.3, -0.25) is 9.78 Å². The van der Waals surface area contributed by atoms with E-state index in [9.17, 15) is 4.79 Å². The van der Waals surface area contributed by atoms with Gasteiger partial charge in [-0.25, -0.2) is 0 Å². The number of nitrogens with zero attached hydrogens (tertiary/aromatic N) is 7. The van der Waals surface area contributed by atoms with Crippen LogP contribution in [0.15, 0.2) is 53.0 Å². The molecule has 96 valence electrons. The van der Waals surface area contributed by atoms with Gasteiger partial charge in [-0.15, -0.1) is 0 Å². The van der Waals surface area contributed by atoms with Crippen molar-refractivity contribution in [2.24, 2.45) is 10.2 Å². The molecule has 0 aliphatic rings. The van der Waals surface area contributed by atoms with Gasteiger partial charge >= 0.3 is 0 Å². The Morgan fingerprint density at radius 2 is 1.85 bits per heavy atom. The first-order valence-corrected chi connectivity index (χ1v) is 5.46. The first kappa shape index (κ1) is 13.1. The topological polar surface area (TPSA) is 127 Å². The van der Waals surface area contributed by atoms with Crippen LogP contribution in [0.3, 0.4) is 0 Å². The van der Waals surface area contributed by atoms with Crippen LogP contribution >= 0.6 is 0 Å². The predicted octanol–water partition coefficient (Wildman–Crippen LogP) is 4.14. The van der Waals surface area contributed by atoms with Gasteiger partial charge < -0.3 is 0 Å². The van der Waals surface area contributed by atoms with Gasteiger partial charge in [-0.05, 0) is 21.7 Å². The van der Waals surface area contributed by atoms with Gasteiger partial charge in [0.05, 0.1) is 11.3 Å². The Bertz CT molecular complexity index is 744. The molecule has 0 aliphatic heterocycles. The number of aromatic nitrogens is 1. The first-order chi connectivity index (χ1) is 9.77. The summed E-state index contributed by atoms with van der Waals surface area (Å²) in [4.78, 5) is 20.7. The van der Waals surface area contributed by atoms with E-state index in [0.717, 1.165) is 5.56 Å². The molecule has 0 saturated heterocycles. The second kappa shape index (κ2) is 6.01. The summed E-state index contributed by atoms with van der Waals surface area (Å²) in [5, 5.41) is 6.51. The smallest absolute Gasteiger partial charge is 0.251 e. The summed E-state index contributed by atoms with van der Waals surface area (Å²) in [7, 11) is 0. The monoisotopic (exact) mass is 265 g/mol. The van der Waals surface area contributed by atoms with Crippen molar-refractivity contribution in [2.45, 2.75) is 0 Å². The van der Waals surface area contributed by atoms with Gasteiger partial charge in [-0.2, -0.15) is 0 Å². The zero-order chi connectivity index (χ0) is 14.4. The van der Waals surface area contributed by atoms with Crippen LogP contribution < -0.4 is 0 Å². The standard InChI is InChI=1S/C12H7N7O/c13-18-16-11-9(8-4-2-1-3-5-8)6-15-7-10(11)12(20)17-19-14/h1-7H. The van der Waals surface area contributed by atoms with Gasteiger partial charge in [0.2, 0.25) is 0 Å². The number of carbonyl (C=O) groups is 1. The van der Waals surface area contributed by atoms with Crippen molar-refractivity contribution in [3.05, 3.63) is 69.2 Å². The molecule has 0 N–H and O–H groups in total. The van der Waals surface area contributed by atoms with E-state index >= 15 is 0 Å². The number of carbonyl (C=O) groups excluding carboxylic acids is 1. The molecule has 0 unspecified atom stereocenters. The third-order valence-corrected chi connectivity index (χ3v) is 2.51. The zero-order valence-electron chi connectivity index (χ0n) is 10.1. The lowest BCUT2D eigenvalue weighted by Gasteiger charge is -2.07. The summed E-state index contributed by atoms with van der Waals surface area (Å²) in [6.45, 7) is 0. The summed E-state index contributed by atoms with van der Waals surface area (Å²) in [5.41, 5.74) is 18.2. The van der Waals surface area contributed by atoms with Gasteiger partial charge in [0.15, 0.2) is 0 Å². The third kappa shape index (κ3) is 2.56. The number of amides is 1. The minimum Gasteiger partial charge on any atom is -0.287 e. The summed E-state index contributed by atoms with van der Waals surface area (Å²) in [5.74, 6) is -0.847. The van der Waals surface area contributed by atoms with Crippen molar-refractivity contribution in [3.8, 4) is 11.1 Å². The summed E-state index contributed by atoms with van der Waals surface area (Å²) in [6, 6.07) is 9.01. The molecule has 1 aromatic carbocycles. The van der Waals surface area contributed by atoms with Gasteiger partial charge in [0.1, 0.15) is 0 Å². The molecule has 8 heteroatoms. The molecule has 0 radical (unpaired) electrons. The highest BCUT2D eigenvalue weighted by Gasteiger charge is 2.14. The average Bonchev–Trinajstić information content (AvgIpc) is 2.49. The fourth-order valence-electron chi connectivity index (χ4n) is 1.69. The van der Waals surface area contributed by atoms with Crippen molar-refractivity contribution in [1.29, 1.82) is 0 Å². The Labute approximate surface area is 113 Å². The van der Waals surface area contributed by atoms with Crippen molar-refractivity contribution in [1.82, 2.24) is 4.98 Å². The van der Waals surface area contributed by atoms with E-state index in [-0.39, 0.29) is 11.3 Å². The van der Waals surface area contributed by atoms with Gasteiger partial charge in [0, 0.05) is 27.8 Å². The molecular weight excluding hydrogens is 258 g/mol. The summed E-state index contributed by atoms with van der Waals surface area (Å²) in [6.07, 6.45) is 2.68. The van der Waals surface area contributed by atoms with E-state index in [0.29, 0.717) is 5.56 Å². The minimum absolute atomic E-state index is 0.0399. The number of pyridine rings is 1. The number of azide groups is 2. The van der Waals surface area contributed by atoms with Crippen molar-refractivity contribution in [3.63, 3.8) is 0 Å². The highest BCUT2D eigenvalue weighted by molar-refractivity contribution is 6.02. The summed E-state index contributed by atoms with van der Waals surface area (Å²) < 4.78 is 0. The van der Waals surface area contributed by atoms with Crippen LogP contribution in [0.2, 0.25) is 0 Å². The summed E-state index contributed by atoms with van der Waals surface area (Å²) >= 11 is 0. The van der Waals surface area contributed by atoms with Crippen LogP contribution in [0.25, 0.3) is 32.0 Å². The highest BCUT2D eigenvalue weighted by Crippen LogP contribution is 2.33. The molecule has 20 heavy (non-hydrogen) atoms. The molecule has 1 aromatic heterocycles. The van der Waals surface area contributed by atoms with Crippen LogP contribution in [0.1, 0.15) is 10.4 Å². The van der Waals surface area contributed by atoms with Crippen LogP contribution in [-0.4, -0.2) is 10.9 Å². The highest BCUT2D eigenvalue weighted by atomic mass is 16.1. The van der Waals surface area contributed by atoms with E-state index in [1.807, 2.05) is 6.07 Å². The Morgan fingerprint density at radius 3 is 2.50 bits per heavy atom. The first-order valence-electron chi connectivity index (χ1n) is 5.46. The number of hydrogen-bond donors (Lipinski definition) is 0. The fraction of sp³-hybridized carbons (Fsp3) is 0. The van der Waals surface area contributed by atoms with E-state index in [1.54, 1.807) is 24.3 Å². The van der Waals surface area contributed by atoms with Crippen molar-refractivity contribution in [2.75, 3.05) is 0 Å². The molecular formula is C12H7N7O. The largest absolute Gasteiger partial charge is 0.287 e. The molecule has 0 bridgehead atoms. The second-order valence-electron chi connectivity index (χ2n) is 3.63. The minimum atomic E-state index is -0.847. The predicted molar refractivity (Wildman–Crippen MR) is 72.0 cm³/mol. The molecule has 1 heterocycles. The number of benzene rings is 1. The van der Waals surface area contributed by atoms with Crippen LogP contribution in [0.5, 0.6) is 0 Å². The Balaban J connectivity index is 2.70. The lowest BCUT2D eigenvalue weighted by atomic mass is 10.0. The van der Waals surface area contributed by atoms with Crippen LogP contribution in [-0.2, 0) is 0 Å². The molecule has 0 atom stereocenters. The SMILES string of the molecule is [N-]=[N+]=NC(=O)c1cncc(-c2ccccc2)c1N=[N+]=[N-]. The van der Waals surface area contributed by atoms with E-state index in [1.165, 1.54) is 12.4 Å². The number of hydrogen-bond acceptors (Lipinski definition) is 3. The Kier molecular flexibility index (Phi) is 3.94.